The van der Waals surface area contributed by atoms with Gasteiger partial charge in [0.05, 0.1) is 39.9 Å². The fourth-order valence-corrected chi connectivity index (χ4v) is 8.82. The molecule has 0 spiro atoms. The number of amides is 1. The van der Waals surface area contributed by atoms with E-state index < -0.39 is 26.6 Å². The van der Waals surface area contributed by atoms with Gasteiger partial charge in [0.2, 0.25) is 5.91 Å². The maximum Gasteiger partial charge on any atom is 0.268 e. The van der Waals surface area contributed by atoms with Gasteiger partial charge in [0.1, 0.15) is 13.2 Å². The van der Waals surface area contributed by atoms with E-state index in [1.54, 1.807) is 6.08 Å². The molecule has 0 aliphatic heterocycles. The molecule has 2 N–H and O–H groups in total. The molecule has 0 rings (SSSR count). The van der Waals surface area contributed by atoms with Crippen molar-refractivity contribution >= 4 is 13.7 Å². The van der Waals surface area contributed by atoms with Crippen LogP contribution in [0.25, 0.3) is 0 Å². The number of hydrogen-bond donors (Lipinski definition) is 2. The van der Waals surface area contributed by atoms with E-state index in [9.17, 15) is 19.4 Å². The van der Waals surface area contributed by atoms with E-state index >= 15 is 0 Å². The summed E-state index contributed by atoms with van der Waals surface area (Å²) in [5, 5.41) is 13.9. The maximum absolute atomic E-state index is 13.0. The minimum atomic E-state index is -4.63. The number of unbranched alkanes of at least 4 members (excludes halogenated alkanes) is 18. The molecule has 0 bridgehead atoms. The molecule has 0 heterocycles. The third-order valence-corrected chi connectivity index (χ3v) is 13.9. The molecule has 0 aromatic rings. The first-order valence-corrected chi connectivity index (χ1v) is 32.8. The highest BCUT2D eigenvalue weighted by atomic mass is 31.2. The molecule has 0 aliphatic carbocycles. The largest absolute Gasteiger partial charge is 0.756 e. The van der Waals surface area contributed by atoms with Crippen molar-refractivity contribution in [1.29, 1.82) is 0 Å². The number of phosphoric acid groups is 1. The highest BCUT2D eigenvalue weighted by Gasteiger charge is 2.23. The Hall–Kier alpha value is -3.88. The van der Waals surface area contributed by atoms with Gasteiger partial charge >= 0.3 is 0 Å². The van der Waals surface area contributed by atoms with E-state index in [0.29, 0.717) is 17.4 Å². The Bertz CT molecular complexity index is 1840. The SMILES string of the molecule is CC/C=C\C/C=C\C/C=C\C/C=C\C/C=C\C/C=C\C/C=C\C/C=C\C/C=C\C/C=C\CCCCCCCCC(=O)NC(COP(=O)([O-])OCC[N+](C)(C)C)C(O)/C=C/CC/C=C/CC/C=C/CCCCCCCCCCCC. The summed E-state index contributed by atoms with van der Waals surface area (Å²) in [7, 11) is 1.20. The number of rotatable bonds is 55. The van der Waals surface area contributed by atoms with Crippen LogP contribution in [0.15, 0.2) is 158 Å². The van der Waals surface area contributed by atoms with Crippen LogP contribution >= 0.6 is 7.82 Å². The van der Waals surface area contributed by atoms with Gasteiger partial charge in [-0.2, -0.15) is 0 Å². The van der Waals surface area contributed by atoms with E-state index in [1.165, 1.54) is 70.6 Å². The van der Waals surface area contributed by atoms with Crippen molar-refractivity contribution in [2.45, 2.75) is 238 Å². The molecular formula is C70H117N2O6P. The average molecular weight is 1110 g/mol. The third kappa shape index (κ3) is 61.6. The highest BCUT2D eigenvalue weighted by Crippen LogP contribution is 2.38. The fraction of sp³-hybridized carbons (Fsp3) is 0.614. The molecule has 0 aliphatic rings. The normalized spacial score (nSPS) is 14.9. The molecule has 0 radical (unpaired) electrons. The van der Waals surface area contributed by atoms with E-state index in [1.807, 2.05) is 27.2 Å². The molecule has 0 fully saturated rings. The Balaban J connectivity index is 4.28. The summed E-state index contributed by atoms with van der Waals surface area (Å²) < 4.78 is 23.3. The van der Waals surface area contributed by atoms with Crippen LogP contribution in [0.4, 0.5) is 0 Å². The average Bonchev–Trinajstić information content (AvgIpc) is 3.42. The summed E-state index contributed by atoms with van der Waals surface area (Å²) in [5.41, 5.74) is 0. The number of aliphatic hydroxyl groups excluding tert-OH is 1. The Morgan fingerprint density at radius 2 is 0.785 bits per heavy atom. The number of hydrogen-bond acceptors (Lipinski definition) is 6. The van der Waals surface area contributed by atoms with Crippen molar-refractivity contribution in [3.05, 3.63) is 158 Å². The minimum absolute atomic E-state index is 0.0208. The number of allylic oxidation sites excluding steroid dienone is 25. The van der Waals surface area contributed by atoms with E-state index in [2.05, 4.69) is 165 Å². The van der Waals surface area contributed by atoms with Crippen LogP contribution in [0.3, 0.4) is 0 Å². The lowest BCUT2D eigenvalue weighted by molar-refractivity contribution is -0.870. The molecule has 3 atom stereocenters. The molecule has 8 nitrogen and oxygen atoms in total. The van der Waals surface area contributed by atoms with Gasteiger partial charge in [0.25, 0.3) is 7.82 Å². The standard InChI is InChI=1S/C70H117N2O6P/c1-6-8-10-12-14-16-18-20-22-24-26-28-29-30-31-32-33-34-35-36-37-38-39-40-41-42-43-44-46-48-50-52-54-56-58-60-62-64-70(74)71-68(67-78-79(75,76)77-66-65-72(3,4)5)69(73)63-61-59-57-55-53-51-49-47-45-27-25-23-21-19-17-15-13-11-9-7-2/h8,10,14,16,20,22,26,28,30-31,33-34,36-37,39-40,42-43,45-48,53,55,61,63,68-69,73H,6-7,9,11-13,15,17-19,21,23-25,27,29,32,35,38,41,44,49-52,54,56-60,62,64-67H2,1-5H3,(H-,71,74,75,76)/b10-8-,16-14-,22-20-,28-26-,31-30-,34-33-,37-36-,40-39-,43-42-,47-45+,48-46-,55-53+,63-61+. The first-order valence-electron chi connectivity index (χ1n) is 31.3. The zero-order valence-corrected chi connectivity index (χ0v) is 51.9. The van der Waals surface area contributed by atoms with Crippen LogP contribution < -0.4 is 10.2 Å². The number of quaternary nitrogens is 1. The molecule has 0 aromatic heterocycles. The molecular weight excluding hydrogens is 996 g/mol. The van der Waals surface area contributed by atoms with Gasteiger partial charge in [-0.15, -0.1) is 0 Å². The lowest BCUT2D eigenvalue weighted by atomic mass is 10.1. The zero-order chi connectivity index (χ0) is 57.7. The molecule has 0 saturated carbocycles. The monoisotopic (exact) mass is 1110 g/mol. The number of carbonyl (C=O) groups is 1. The number of nitrogens with one attached hydrogen (secondary N) is 1. The van der Waals surface area contributed by atoms with Crippen molar-refractivity contribution < 1.29 is 32.9 Å². The van der Waals surface area contributed by atoms with Crippen LogP contribution in [0.1, 0.15) is 226 Å². The van der Waals surface area contributed by atoms with Crippen LogP contribution in [0, 0.1) is 0 Å². The van der Waals surface area contributed by atoms with Gasteiger partial charge in [0.15, 0.2) is 0 Å². The lowest BCUT2D eigenvalue weighted by Gasteiger charge is -2.29. The zero-order valence-electron chi connectivity index (χ0n) is 51.0. The smallest absolute Gasteiger partial charge is 0.268 e. The van der Waals surface area contributed by atoms with Crippen molar-refractivity contribution in [1.82, 2.24) is 5.32 Å². The molecule has 448 valence electrons. The minimum Gasteiger partial charge on any atom is -0.756 e. The summed E-state index contributed by atoms with van der Waals surface area (Å²) in [4.78, 5) is 25.5. The Labute approximate surface area is 486 Å². The summed E-state index contributed by atoms with van der Waals surface area (Å²) in [5.74, 6) is -0.232. The molecule has 9 heteroatoms. The second-order valence-electron chi connectivity index (χ2n) is 21.7. The molecule has 79 heavy (non-hydrogen) atoms. The Morgan fingerprint density at radius 1 is 0.456 bits per heavy atom. The van der Waals surface area contributed by atoms with Crippen LogP contribution in [0.2, 0.25) is 0 Å². The van der Waals surface area contributed by atoms with Gasteiger partial charge in [0, 0.05) is 6.42 Å². The van der Waals surface area contributed by atoms with Crippen molar-refractivity contribution in [2.24, 2.45) is 0 Å². The summed E-state index contributed by atoms with van der Waals surface area (Å²) >= 11 is 0. The van der Waals surface area contributed by atoms with Crippen molar-refractivity contribution in [3.8, 4) is 0 Å². The summed E-state index contributed by atoms with van der Waals surface area (Å²) in [6.45, 7) is 4.48. The first-order chi connectivity index (χ1) is 38.5. The van der Waals surface area contributed by atoms with Gasteiger partial charge in [-0.05, 0) is 122 Å². The lowest BCUT2D eigenvalue weighted by Crippen LogP contribution is -2.45. The second kappa shape index (κ2) is 58.8. The molecule has 0 aromatic carbocycles. The number of aliphatic hydroxyl groups is 1. The first kappa shape index (κ1) is 75.1. The van der Waals surface area contributed by atoms with E-state index in [4.69, 9.17) is 9.05 Å². The van der Waals surface area contributed by atoms with E-state index in [0.717, 1.165) is 135 Å². The molecule has 0 saturated heterocycles. The molecule has 3 unspecified atom stereocenters. The maximum atomic E-state index is 13.0. The summed E-state index contributed by atoms with van der Waals surface area (Å²) in [6.07, 6.45) is 91.9. The quantitative estimate of drug-likeness (QED) is 0.0272. The van der Waals surface area contributed by atoms with Crippen LogP contribution in [-0.2, 0) is 18.4 Å². The third-order valence-electron chi connectivity index (χ3n) is 12.9. The Morgan fingerprint density at radius 3 is 1.18 bits per heavy atom. The van der Waals surface area contributed by atoms with Crippen LogP contribution in [-0.4, -0.2) is 68.5 Å². The van der Waals surface area contributed by atoms with Crippen molar-refractivity contribution in [3.63, 3.8) is 0 Å². The van der Waals surface area contributed by atoms with Gasteiger partial charge < -0.3 is 28.8 Å². The number of phosphoric ester groups is 1. The van der Waals surface area contributed by atoms with Gasteiger partial charge in [-0.1, -0.05) is 255 Å². The fourth-order valence-electron chi connectivity index (χ4n) is 8.09. The van der Waals surface area contributed by atoms with Gasteiger partial charge in [-0.3, -0.25) is 9.36 Å². The second-order valence-corrected chi connectivity index (χ2v) is 23.1. The predicted octanol–water partition coefficient (Wildman–Crippen LogP) is 19.2. The number of carbonyl (C=O) groups excluding carboxylic acids is 1. The van der Waals surface area contributed by atoms with E-state index in [-0.39, 0.29) is 12.5 Å². The number of nitrogens with zero attached hydrogens (tertiary/aromatic N) is 1. The van der Waals surface area contributed by atoms with Gasteiger partial charge in [-0.25, -0.2) is 0 Å². The number of likely N-dealkylation sites (N-methyl/N-ethyl adjacent to an activating group) is 1. The predicted molar refractivity (Wildman–Crippen MR) is 343 cm³/mol. The summed E-state index contributed by atoms with van der Waals surface area (Å²) in [6, 6.07) is -0.931. The topological polar surface area (TPSA) is 108 Å². The highest BCUT2D eigenvalue weighted by molar-refractivity contribution is 7.45. The van der Waals surface area contributed by atoms with Crippen LogP contribution in [0.5, 0.6) is 0 Å². The van der Waals surface area contributed by atoms with Crippen molar-refractivity contribution in [2.75, 3.05) is 40.9 Å². The Kier molecular flexibility index (Phi) is 55.9. The molecule has 1 amide bonds.